The Bertz CT molecular complexity index is 316. The molecule has 1 aromatic rings. The lowest BCUT2D eigenvalue weighted by atomic mass is 10.0. The van der Waals surface area contributed by atoms with Gasteiger partial charge < -0.3 is 4.90 Å². The topological polar surface area (TPSA) is 29.0 Å². The van der Waals surface area contributed by atoms with Crippen molar-refractivity contribution >= 4 is 17.4 Å². The summed E-state index contributed by atoms with van der Waals surface area (Å²) in [6.45, 7) is 3.25. The first-order chi connectivity index (χ1) is 6.79. The third-order valence-corrected chi connectivity index (χ3v) is 2.98. The smallest absolute Gasteiger partial charge is 0.171 e. The van der Waals surface area contributed by atoms with Gasteiger partial charge in [-0.25, -0.2) is 9.97 Å². The van der Waals surface area contributed by atoms with Gasteiger partial charge in [-0.3, -0.25) is 0 Å². The minimum absolute atomic E-state index is 0.515. The molecule has 0 amide bonds. The van der Waals surface area contributed by atoms with E-state index in [1.54, 1.807) is 12.4 Å². The predicted molar refractivity (Wildman–Crippen MR) is 57.7 cm³/mol. The molecule has 1 unspecified atom stereocenters. The van der Waals surface area contributed by atoms with Crippen LogP contribution in [-0.2, 0) is 0 Å². The van der Waals surface area contributed by atoms with Gasteiger partial charge >= 0.3 is 0 Å². The van der Waals surface area contributed by atoms with E-state index in [2.05, 4.69) is 21.8 Å². The molecule has 2 heterocycles. The number of halogens is 1. The maximum absolute atomic E-state index is 6.01. The Morgan fingerprint density at radius 3 is 2.86 bits per heavy atom. The van der Waals surface area contributed by atoms with Crippen LogP contribution < -0.4 is 4.90 Å². The summed E-state index contributed by atoms with van der Waals surface area (Å²) >= 11 is 6.01. The molecule has 1 fully saturated rings. The highest BCUT2D eigenvalue weighted by Gasteiger charge is 2.21. The fourth-order valence-corrected chi connectivity index (χ4v) is 2.13. The van der Waals surface area contributed by atoms with Crippen LogP contribution in [0.25, 0.3) is 0 Å². The van der Waals surface area contributed by atoms with Crippen molar-refractivity contribution < 1.29 is 0 Å². The zero-order valence-corrected chi connectivity index (χ0v) is 9.04. The highest BCUT2D eigenvalue weighted by atomic mass is 35.5. The first-order valence-electron chi connectivity index (χ1n) is 5.02. The first-order valence-corrected chi connectivity index (χ1v) is 5.40. The van der Waals surface area contributed by atoms with Gasteiger partial charge in [0.05, 0.1) is 0 Å². The molecule has 0 aromatic carbocycles. The number of aromatic nitrogens is 2. The normalized spacial score (nSPS) is 22.4. The Morgan fingerprint density at radius 2 is 2.14 bits per heavy atom. The second kappa shape index (κ2) is 4.13. The summed E-state index contributed by atoms with van der Waals surface area (Å²) in [5.41, 5.74) is 0. The van der Waals surface area contributed by atoms with E-state index >= 15 is 0 Å². The molecule has 1 aromatic heterocycles. The van der Waals surface area contributed by atoms with E-state index in [9.17, 15) is 0 Å². The van der Waals surface area contributed by atoms with Gasteiger partial charge in [-0.15, -0.1) is 0 Å². The minimum Gasteiger partial charge on any atom is -0.351 e. The van der Waals surface area contributed by atoms with E-state index in [1.165, 1.54) is 19.3 Å². The van der Waals surface area contributed by atoms with Crippen LogP contribution >= 0.6 is 11.6 Å². The molecule has 14 heavy (non-hydrogen) atoms. The number of anilines is 1. The molecule has 1 saturated heterocycles. The third kappa shape index (κ3) is 1.82. The van der Waals surface area contributed by atoms with Crippen LogP contribution in [0.2, 0.25) is 5.15 Å². The van der Waals surface area contributed by atoms with Crippen LogP contribution in [0.5, 0.6) is 0 Å². The molecule has 0 bridgehead atoms. The number of piperidine rings is 1. The van der Waals surface area contributed by atoms with Crippen LogP contribution in [0, 0.1) is 0 Å². The van der Waals surface area contributed by atoms with E-state index in [1.807, 2.05) is 0 Å². The number of hydrogen-bond donors (Lipinski definition) is 0. The summed E-state index contributed by atoms with van der Waals surface area (Å²) in [6, 6.07) is 0.526. The molecule has 0 spiro atoms. The lowest BCUT2D eigenvalue weighted by Gasteiger charge is -2.34. The van der Waals surface area contributed by atoms with E-state index in [4.69, 9.17) is 11.6 Å². The second-order valence-electron chi connectivity index (χ2n) is 3.71. The van der Waals surface area contributed by atoms with Crippen molar-refractivity contribution in [2.24, 2.45) is 0 Å². The zero-order chi connectivity index (χ0) is 9.97. The summed E-state index contributed by atoms with van der Waals surface area (Å²) < 4.78 is 0. The van der Waals surface area contributed by atoms with Gasteiger partial charge in [0.2, 0.25) is 0 Å². The zero-order valence-electron chi connectivity index (χ0n) is 8.28. The molecular weight excluding hydrogens is 198 g/mol. The average molecular weight is 212 g/mol. The molecule has 3 nitrogen and oxygen atoms in total. The van der Waals surface area contributed by atoms with Crippen LogP contribution in [0.1, 0.15) is 26.2 Å². The Labute approximate surface area is 89.1 Å². The summed E-state index contributed by atoms with van der Waals surface area (Å²) in [4.78, 5) is 10.6. The van der Waals surface area contributed by atoms with Crippen LogP contribution in [-0.4, -0.2) is 22.6 Å². The Kier molecular flexibility index (Phi) is 2.87. The molecule has 1 aliphatic rings. The van der Waals surface area contributed by atoms with Crippen molar-refractivity contribution in [3.63, 3.8) is 0 Å². The molecule has 4 heteroatoms. The molecule has 1 aliphatic heterocycles. The molecule has 0 N–H and O–H groups in total. The standard InChI is InChI=1S/C10H14ClN3/c1-8-4-2-3-7-14(8)10-9(11)12-5-6-13-10/h5-6,8H,2-4,7H2,1H3. The van der Waals surface area contributed by atoms with Crippen molar-refractivity contribution in [2.45, 2.75) is 32.2 Å². The van der Waals surface area contributed by atoms with Gasteiger partial charge in [-0.1, -0.05) is 11.6 Å². The van der Waals surface area contributed by atoms with Gasteiger partial charge in [-0.2, -0.15) is 0 Å². The quantitative estimate of drug-likeness (QED) is 0.715. The monoisotopic (exact) mass is 211 g/mol. The molecule has 0 radical (unpaired) electrons. The largest absolute Gasteiger partial charge is 0.351 e. The highest BCUT2D eigenvalue weighted by molar-refractivity contribution is 6.31. The third-order valence-electron chi connectivity index (χ3n) is 2.71. The van der Waals surface area contributed by atoms with Crippen molar-refractivity contribution in [3.05, 3.63) is 17.5 Å². The first kappa shape index (κ1) is 9.71. The highest BCUT2D eigenvalue weighted by Crippen LogP contribution is 2.26. The second-order valence-corrected chi connectivity index (χ2v) is 4.07. The van der Waals surface area contributed by atoms with E-state index in [0.29, 0.717) is 11.2 Å². The van der Waals surface area contributed by atoms with Crippen LogP contribution in [0.4, 0.5) is 5.82 Å². The summed E-state index contributed by atoms with van der Waals surface area (Å²) in [5, 5.41) is 0.515. The summed E-state index contributed by atoms with van der Waals surface area (Å²) in [5.74, 6) is 0.835. The van der Waals surface area contributed by atoms with Crippen molar-refractivity contribution in [2.75, 3.05) is 11.4 Å². The number of nitrogens with zero attached hydrogens (tertiary/aromatic N) is 3. The fraction of sp³-hybridized carbons (Fsp3) is 0.600. The molecular formula is C10H14ClN3. The summed E-state index contributed by atoms with van der Waals surface area (Å²) in [7, 11) is 0. The summed E-state index contributed by atoms with van der Waals surface area (Å²) in [6.07, 6.45) is 7.06. The van der Waals surface area contributed by atoms with Crippen LogP contribution in [0.3, 0.4) is 0 Å². The Hall–Kier alpha value is -0.830. The lowest BCUT2D eigenvalue weighted by molar-refractivity contribution is 0.481. The molecule has 1 atom stereocenters. The van der Waals surface area contributed by atoms with Gasteiger partial charge in [0.1, 0.15) is 0 Å². The molecule has 0 aliphatic carbocycles. The van der Waals surface area contributed by atoms with E-state index in [0.717, 1.165) is 12.4 Å². The maximum atomic E-state index is 6.01. The maximum Gasteiger partial charge on any atom is 0.171 e. The Morgan fingerprint density at radius 1 is 1.36 bits per heavy atom. The SMILES string of the molecule is CC1CCCCN1c1nccnc1Cl. The lowest BCUT2D eigenvalue weighted by Crippen LogP contribution is -2.38. The van der Waals surface area contributed by atoms with Gasteiger partial charge in [-0.05, 0) is 26.2 Å². The van der Waals surface area contributed by atoms with Gasteiger partial charge in [0, 0.05) is 25.0 Å². The van der Waals surface area contributed by atoms with Gasteiger partial charge in [0.15, 0.2) is 11.0 Å². The molecule has 76 valence electrons. The minimum atomic E-state index is 0.515. The van der Waals surface area contributed by atoms with Crippen molar-refractivity contribution in [1.29, 1.82) is 0 Å². The van der Waals surface area contributed by atoms with E-state index < -0.39 is 0 Å². The van der Waals surface area contributed by atoms with Crippen molar-refractivity contribution in [1.82, 2.24) is 9.97 Å². The average Bonchev–Trinajstić information content (AvgIpc) is 2.20. The van der Waals surface area contributed by atoms with Crippen molar-refractivity contribution in [3.8, 4) is 0 Å². The molecule has 0 saturated carbocycles. The molecule has 2 rings (SSSR count). The Balaban J connectivity index is 2.25. The van der Waals surface area contributed by atoms with Gasteiger partial charge in [0.25, 0.3) is 0 Å². The fourth-order valence-electron chi connectivity index (χ4n) is 1.92. The van der Waals surface area contributed by atoms with Crippen LogP contribution in [0.15, 0.2) is 12.4 Å². The number of rotatable bonds is 1. The van der Waals surface area contributed by atoms with E-state index in [-0.39, 0.29) is 0 Å². The number of hydrogen-bond acceptors (Lipinski definition) is 3. The predicted octanol–water partition coefficient (Wildman–Crippen LogP) is 2.51.